The van der Waals surface area contributed by atoms with Gasteiger partial charge in [-0.1, -0.05) is 35.2 Å². The van der Waals surface area contributed by atoms with Crippen molar-refractivity contribution in [2.45, 2.75) is 11.3 Å². The highest BCUT2D eigenvalue weighted by molar-refractivity contribution is 8.01. The van der Waals surface area contributed by atoms with E-state index in [1.807, 2.05) is 19.1 Å². The van der Waals surface area contributed by atoms with Crippen LogP contribution in [0.15, 0.2) is 52.9 Å². The maximum Gasteiger partial charge on any atom is 0.269 e. The molecule has 0 saturated heterocycles. The van der Waals surface area contributed by atoms with E-state index in [1.165, 1.54) is 35.2 Å². The summed E-state index contributed by atoms with van der Waals surface area (Å²) in [4.78, 5) is 22.3. The van der Waals surface area contributed by atoms with Gasteiger partial charge in [0.1, 0.15) is 5.01 Å². The molecule has 0 atom stereocenters. The van der Waals surface area contributed by atoms with Crippen LogP contribution in [0.1, 0.15) is 5.01 Å². The zero-order valence-electron chi connectivity index (χ0n) is 13.7. The maximum absolute atomic E-state index is 12.0. The fourth-order valence-corrected chi connectivity index (χ4v) is 3.80. The lowest BCUT2D eigenvalue weighted by Crippen LogP contribution is -2.13. The van der Waals surface area contributed by atoms with Crippen LogP contribution >= 0.6 is 23.1 Å². The van der Waals surface area contributed by atoms with E-state index in [0.29, 0.717) is 5.69 Å². The first kappa shape index (κ1) is 18.0. The minimum absolute atomic E-state index is 0.0563. The molecular weight excluding hydrogens is 372 g/mol. The summed E-state index contributed by atoms with van der Waals surface area (Å²) in [5.41, 5.74) is 2.53. The Kier molecular flexibility index (Phi) is 5.59. The number of hydrogen-bond acceptors (Lipinski definition) is 7. The minimum atomic E-state index is -0.427. The molecule has 0 saturated carbocycles. The fourth-order valence-electron chi connectivity index (χ4n) is 2.18. The summed E-state index contributed by atoms with van der Waals surface area (Å²) in [6, 6.07) is 13.7. The molecule has 3 aromatic rings. The van der Waals surface area contributed by atoms with Crippen LogP contribution in [0.3, 0.4) is 0 Å². The zero-order valence-corrected chi connectivity index (χ0v) is 15.3. The molecule has 7 nitrogen and oxygen atoms in total. The van der Waals surface area contributed by atoms with Gasteiger partial charge in [-0.3, -0.25) is 14.9 Å². The van der Waals surface area contributed by atoms with Crippen molar-refractivity contribution in [2.24, 2.45) is 0 Å². The van der Waals surface area contributed by atoms with E-state index in [1.54, 1.807) is 24.3 Å². The lowest BCUT2D eigenvalue weighted by atomic mass is 10.1. The third-order valence-corrected chi connectivity index (χ3v) is 5.39. The topological polar surface area (TPSA) is 98.0 Å². The number of anilines is 1. The van der Waals surface area contributed by atoms with E-state index >= 15 is 0 Å². The number of nitro groups is 1. The highest BCUT2D eigenvalue weighted by Crippen LogP contribution is 2.25. The number of aryl methyl sites for hydroxylation is 1. The van der Waals surface area contributed by atoms with Crippen LogP contribution in [0.4, 0.5) is 11.4 Å². The molecule has 0 spiro atoms. The van der Waals surface area contributed by atoms with Gasteiger partial charge in [-0.15, -0.1) is 10.2 Å². The predicted octanol–water partition coefficient (Wildman–Crippen LogP) is 4.15. The standard InChI is InChI=1S/C17H14N4O3S2/c1-11-19-20-17(26-11)25-10-16(22)18-14-6-2-12(3-7-14)13-4-8-15(9-5-13)21(23)24/h2-9H,10H2,1H3,(H,18,22). The Balaban J connectivity index is 1.58. The molecule has 3 rings (SSSR count). The van der Waals surface area contributed by atoms with Crippen molar-refractivity contribution in [2.75, 3.05) is 11.1 Å². The summed E-state index contributed by atoms with van der Waals surface area (Å²) in [5.74, 6) is 0.143. The summed E-state index contributed by atoms with van der Waals surface area (Å²) >= 11 is 2.81. The summed E-state index contributed by atoms with van der Waals surface area (Å²) in [6.45, 7) is 1.87. The number of thioether (sulfide) groups is 1. The van der Waals surface area contributed by atoms with Crippen molar-refractivity contribution in [3.8, 4) is 11.1 Å². The third kappa shape index (κ3) is 4.64. The number of nitro benzene ring substituents is 1. The van der Waals surface area contributed by atoms with Crippen molar-refractivity contribution >= 4 is 40.4 Å². The molecule has 1 aromatic heterocycles. The number of non-ortho nitro benzene ring substituents is 1. The normalized spacial score (nSPS) is 10.5. The Morgan fingerprint density at radius 1 is 1.12 bits per heavy atom. The molecule has 0 unspecified atom stereocenters. The molecule has 0 bridgehead atoms. The number of nitrogens with one attached hydrogen (secondary N) is 1. The molecule has 1 amide bonds. The average Bonchev–Trinajstić information content (AvgIpc) is 3.06. The lowest BCUT2D eigenvalue weighted by Gasteiger charge is -2.06. The molecule has 0 radical (unpaired) electrons. The van der Waals surface area contributed by atoms with Crippen LogP contribution in [0, 0.1) is 17.0 Å². The largest absolute Gasteiger partial charge is 0.325 e. The van der Waals surface area contributed by atoms with Crippen molar-refractivity contribution in [3.63, 3.8) is 0 Å². The van der Waals surface area contributed by atoms with Crippen LogP contribution in [-0.4, -0.2) is 26.8 Å². The quantitative estimate of drug-likeness (QED) is 0.388. The molecule has 0 aliphatic carbocycles. The Bertz CT molecular complexity index is 924. The van der Waals surface area contributed by atoms with Gasteiger partial charge in [0.15, 0.2) is 4.34 Å². The summed E-state index contributed by atoms with van der Waals surface area (Å²) < 4.78 is 0.770. The SMILES string of the molecule is Cc1nnc(SCC(=O)Nc2ccc(-c3ccc([N+](=O)[O-])cc3)cc2)s1. The van der Waals surface area contributed by atoms with Crippen molar-refractivity contribution in [3.05, 3.63) is 63.7 Å². The van der Waals surface area contributed by atoms with Crippen molar-refractivity contribution in [1.82, 2.24) is 10.2 Å². The van der Waals surface area contributed by atoms with Gasteiger partial charge in [0.25, 0.3) is 5.69 Å². The monoisotopic (exact) mass is 386 g/mol. The second kappa shape index (κ2) is 8.07. The number of benzene rings is 2. The van der Waals surface area contributed by atoms with Crippen LogP contribution in [0.2, 0.25) is 0 Å². The Hall–Kier alpha value is -2.78. The van der Waals surface area contributed by atoms with Crippen LogP contribution in [-0.2, 0) is 4.79 Å². The smallest absolute Gasteiger partial charge is 0.269 e. The summed E-state index contributed by atoms with van der Waals surface area (Å²) in [7, 11) is 0. The first-order valence-corrected chi connectivity index (χ1v) is 9.39. The Labute approximate surface area is 157 Å². The molecular formula is C17H14N4O3S2. The van der Waals surface area contributed by atoms with Crippen molar-refractivity contribution in [1.29, 1.82) is 0 Å². The number of aromatic nitrogens is 2. The Morgan fingerprint density at radius 3 is 2.27 bits per heavy atom. The predicted molar refractivity (Wildman–Crippen MR) is 103 cm³/mol. The highest BCUT2D eigenvalue weighted by atomic mass is 32.2. The van der Waals surface area contributed by atoms with Gasteiger partial charge in [-0.25, -0.2) is 0 Å². The van der Waals surface area contributed by atoms with E-state index in [9.17, 15) is 14.9 Å². The number of carbonyl (C=O) groups is 1. The molecule has 132 valence electrons. The van der Waals surface area contributed by atoms with Gasteiger partial charge in [0.2, 0.25) is 5.91 Å². The van der Waals surface area contributed by atoms with Crippen molar-refractivity contribution < 1.29 is 9.72 Å². The van der Waals surface area contributed by atoms with Crippen LogP contribution < -0.4 is 5.32 Å². The third-order valence-electron chi connectivity index (χ3n) is 3.41. The number of nitrogens with zero attached hydrogens (tertiary/aromatic N) is 3. The number of amides is 1. The maximum atomic E-state index is 12.0. The zero-order chi connectivity index (χ0) is 18.5. The van der Waals surface area contributed by atoms with E-state index in [2.05, 4.69) is 15.5 Å². The molecule has 2 aromatic carbocycles. The summed E-state index contributed by atoms with van der Waals surface area (Å²) in [6.07, 6.45) is 0. The second-order valence-electron chi connectivity index (χ2n) is 5.31. The summed E-state index contributed by atoms with van der Waals surface area (Å²) in [5, 5.41) is 22.3. The number of hydrogen-bond donors (Lipinski definition) is 1. The van der Waals surface area contributed by atoms with Crippen LogP contribution in [0.5, 0.6) is 0 Å². The average molecular weight is 386 g/mol. The van der Waals surface area contributed by atoms with Crippen LogP contribution in [0.25, 0.3) is 11.1 Å². The van der Waals surface area contributed by atoms with E-state index in [4.69, 9.17) is 0 Å². The second-order valence-corrected chi connectivity index (χ2v) is 7.71. The first-order chi connectivity index (χ1) is 12.5. The highest BCUT2D eigenvalue weighted by Gasteiger charge is 2.08. The molecule has 1 heterocycles. The van der Waals surface area contributed by atoms with E-state index < -0.39 is 4.92 Å². The molecule has 0 aliphatic heterocycles. The van der Waals surface area contributed by atoms with Gasteiger partial charge < -0.3 is 5.32 Å². The number of rotatable bonds is 6. The van der Waals surface area contributed by atoms with E-state index in [-0.39, 0.29) is 17.3 Å². The molecule has 26 heavy (non-hydrogen) atoms. The minimum Gasteiger partial charge on any atom is -0.325 e. The molecule has 0 fully saturated rings. The Morgan fingerprint density at radius 2 is 1.73 bits per heavy atom. The molecule has 0 aliphatic rings. The van der Waals surface area contributed by atoms with Gasteiger partial charge >= 0.3 is 0 Å². The van der Waals surface area contributed by atoms with E-state index in [0.717, 1.165) is 20.5 Å². The molecule has 1 N–H and O–H groups in total. The molecule has 9 heteroatoms. The first-order valence-electron chi connectivity index (χ1n) is 7.59. The van der Waals surface area contributed by atoms with Gasteiger partial charge in [-0.2, -0.15) is 0 Å². The van der Waals surface area contributed by atoms with Gasteiger partial charge in [-0.05, 0) is 42.3 Å². The fraction of sp³-hybridized carbons (Fsp3) is 0.118. The van der Waals surface area contributed by atoms with Gasteiger partial charge in [0.05, 0.1) is 10.7 Å². The van der Waals surface area contributed by atoms with Gasteiger partial charge in [0, 0.05) is 17.8 Å². The lowest BCUT2D eigenvalue weighted by molar-refractivity contribution is -0.384. The number of carbonyl (C=O) groups excluding carboxylic acids is 1.